The monoisotopic (exact) mass is 448 g/mol. The van der Waals surface area contributed by atoms with Gasteiger partial charge in [-0.3, -0.25) is 9.59 Å². The SMILES string of the molecule is Cc1ccc(CCNC(=O)/C=C2\SC3CCCCC3N(Cc3ccccc3C)C2=O)cc1. The quantitative estimate of drug-likeness (QED) is 0.637. The topological polar surface area (TPSA) is 49.4 Å². The Morgan fingerprint density at radius 3 is 2.62 bits per heavy atom. The molecular weight excluding hydrogens is 416 g/mol. The van der Waals surface area contributed by atoms with Crippen molar-refractivity contribution < 1.29 is 9.59 Å². The predicted molar refractivity (Wildman–Crippen MR) is 131 cm³/mol. The number of benzene rings is 2. The summed E-state index contributed by atoms with van der Waals surface area (Å²) in [5.41, 5.74) is 4.80. The van der Waals surface area contributed by atoms with E-state index in [0.717, 1.165) is 25.7 Å². The van der Waals surface area contributed by atoms with Gasteiger partial charge in [0.15, 0.2) is 0 Å². The average Bonchev–Trinajstić information content (AvgIpc) is 2.79. The van der Waals surface area contributed by atoms with Crippen molar-refractivity contribution >= 4 is 23.6 Å². The Labute approximate surface area is 195 Å². The Kier molecular flexibility index (Phi) is 7.36. The number of carbonyl (C=O) groups is 2. The second-order valence-electron chi connectivity index (χ2n) is 8.90. The van der Waals surface area contributed by atoms with Gasteiger partial charge in [0, 0.05) is 30.5 Å². The van der Waals surface area contributed by atoms with Gasteiger partial charge in [0.05, 0.1) is 4.91 Å². The molecule has 0 bridgehead atoms. The van der Waals surface area contributed by atoms with Gasteiger partial charge in [0.1, 0.15) is 0 Å². The molecule has 4 rings (SSSR count). The molecular formula is C27H32N2O2S. The van der Waals surface area contributed by atoms with Crippen LogP contribution in [0.15, 0.2) is 59.5 Å². The van der Waals surface area contributed by atoms with Crippen molar-refractivity contribution in [2.45, 2.75) is 63.8 Å². The van der Waals surface area contributed by atoms with Gasteiger partial charge in [-0.15, -0.1) is 11.8 Å². The van der Waals surface area contributed by atoms with Crippen molar-refractivity contribution in [2.75, 3.05) is 6.54 Å². The van der Waals surface area contributed by atoms with Gasteiger partial charge in [0.25, 0.3) is 5.91 Å². The molecule has 1 aliphatic carbocycles. The van der Waals surface area contributed by atoms with E-state index < -0.39 is 0 Å². The van der Waals surface area contributed by atoms with Crippen LogP contribution in [0, 0.1) is 13.8 Å². The van der Waals surface area contributed by atoms with Crippen molar-refractivity contribution in [3.63, 3.8) is 0 Å². The number of amides is 2. The molecule has 2 fully saturated rings. The highest BCUT2D eigenvalue weighted by molar-refractivity contribution is 8.04. The second kappa shape index (κ2) is 10.4. The zero-order valence-electron chi connectivity index (χ0n) is 19.0. The minimum atomic E-state index is -0.182. The van der Waals surface area contributed by atoms with E-state index in [2.05, 4.69) is 55.6 Å². The first-order chi connectivity index (χ1) is 15.5. The fourth-order valence-electron chi connectivity index (χ4n) is 4.59. The lowest BCUT2D eigenvalue weighted by molar-refractivity contribution is -0.130. The maximum absolute atomic E-state index is 13.4. The molecule has 1 N–H and O–H groups in total. The largest absolute Gasteiger partial charge is 0.352 e. The van der Waals surface area contributed by atoms with E-state index in [1.807, 2.05) is 17.0 Å². The summed E-state index contributed by atoms with van der Waals surface area (Å²) in [7, 11) is 0. The van der Waals surface area contributed by atoms with Gasteiger partial charge in [-0.2, -0.15) is 0 Å². The number of hydrogen-bond donors (Lipinski definition) is 1. The first kappa shape index (κ1) is 22.7. The van der Waals surface area contributed by atoms with Crippen LogP contribution >= 0.6 is 11.8 Å². The molecule has 1 saturated heterocycles. The Bertz CT molecular complexity index is 999. The van der Waals surface area contributed by atoms with E-state index in [9.17, 15) is 9.59 Å². The van der Waals surface area contributed by atoms with Crippen LogP contribution in [0.5, 0.6) is 0 Å². The van der Waals surface area contributed by atoms with Gasteiger partial charge >= 0.3 is 0 Å². The smallest absolute Gasteiger partial charge is 0.261 e. The third kappa shape index (κ3) is 5.44. The third-order valence-electron chi connectivity index (χ3n) is 6.52. The van der Waals surface area contributed by atoms with Crippen LogP contribution in [0.1, 0.15) is 47.9 Å². The Morgan fingerprint density at radius 2 is 1.84 bits per heavy atom. The number of rotatable bonds is 6. The number of hydrogen-bond acceptors (Lipinski definition) is 3. The first-order valence-electron chi connectivity index (χ1n) is 11.6. The van der Waals surface area contributed by atoms with E-state index in [-0.39, 0.29) is 17.9 Å². The zero-order chi connectivity index (χ0) is 22.5. The van der Waals surface area contributed by atoms with Crippen molar-refractivity contribution in [1.29, 1.82) is 0 Å². The lowest BCUT2D eigenvalue weighted by Gasteiger charge is -2.44. The molecule has 2 aliphatic rings. The maximum Gasteiger partial charge on any atom is 0.261 e. The van der Waals surface area contributed by atoms with Gasteiger partial charge in [-0.25, -0.2) is 0 Å². The van der Waals surface area contributed by atoms with Gasteiger partial charge in [-0.05, 0) is 49.8 Å². The normalized spacial score (nSPS) is 22.0. The van der Waals surface area contributed by atoms with Crippen LogP contribution in [0.2, 0.25) is 0 Å². The molecule has 1 heterocycles. The Morgan fingerprint density at radius 1 is 1.09 bits per heavy atom. The van der Waals surface area contributed by atoms with Crippen LogP contribution < -0.4 is 5.32 Å². The van der Waals surface area contributed by atoms with E-state index in [4.69, 9.17) is 0 Å². The van der Waals surface area contributed by atoms with E-state index in [1.54, 1.807) is 11.8 Å². The molecule has 0 radical (unpaired) electrons. The molecule has 2 aromatic carbocycles. The molecule has 168 valence electrons. The minimum absolute atomic E-state index is 0.00455. The zero-order valence-corrected chi connectivity index (χ0v) is 19.8. The Hall–Kier alpha value is -2.53. The van der Waals surface area contributed by atoms with Gasteiger partial charge in [0.2, 0.25) is 5.91 Å². The summed E-state index contributed by atoms with van der Waals surface area (Å²) in [6.45, 7) is 5.33. The maximum atomic E-state index is 13.4. The molecule has 1 saturated carbocycles. The third-order valence-corrected chi connectivity index (χ3v) is 7.91. The summed E-state index contributed by atoms with van der Waals surface area (Å²) < 4.78 is 0. The second-order valence-corrected chi connectivity index (χ2v) is 10.2. The van der Waals surface area contributed by atoms with E-state index >= 15 is 0 Å². The number of carbonyl (C=O) groups excluding carboxylic acids is 2. The number of nitrogens with one attached hydrogen (secondary N) is 1. The summed E-state index contributed by atoms with van der Waals surface area (Å²) in [6.07, 6.45) is 6.80. The van der Waals surface area contributed by atoms with E-state index in [1.165, 1.54) is 34.8 Å². The van der Waals surface area contributed by atoms with Crippen LogP contribution in [0.3, 0.4) is 0 Å². The molecule has 2 atom stereocenters. The number of fused-ring (bicyclic) bond motifs is 1. The van der Waals surface area contributed by atoms with Crippen LogP contribution in [0.4, 0.5) is 0 Å². The Balaban J connectivity index is 1.44. The van der Waals surface area contributed by atoms with Crippen molar-refractivity contribution in [3.05, 3.63) is 81.8 Å². The van der Waals surface area contributed by atoms with Crippen LogP contribution in [-0.4, -0.2) is 34.6 Å². The van der Waals surface area contributed by atoms with Crippen LogP contribution in [0.25, 0.3) is 0 Å². The van der Waals surface area contributed by atoms with Crippen molar-refractivity contribution in [1.82, 2.24) is 10.2 Å². The van der Waals surface area contributed by atoms with Crippen molar-refractivity contribution in [2.24, 2.45) is 0 Å². The summed E-state index contributed by atoms with van der Waals surface area (Å²) >= 11 is 1.61. The highest BCUT2D eigenvalue weighted by atomic mass is 32.2. The fraction of sp³-hybridized carbons (Fsp3) is 0.407. The van der Waals surface area contributed by atoms with E-state index in [0.29, 0.717) is 23.2 Å². The predicted octanol–water partition coefficient (Wildman–Crippen LogP) is 4.93. The molecule has 2 aromatic rings. The molecule has 2 unspecified atom stereocenters. The summed E-state index contributed by atoms with van der Waals surface area (Å²) in [4.78, 5) is 28.6. The fourth-order valence-corrected chi connectivity index (χ4v) is 6.03. The number of thioether (sulfide) groups is 1. The minimum Gasteiger partial charge on any atom is -0.352 e. The number of nitrogens with zero attached hydrogens (tertiary/aromatic N) is 1. The van der Waals surface area contributed by atoms with Crippen molar-refractivity contribution in [3.8, 4) is 0 Å². The first-order valence-corrected chi connectivity index (χ1v) is 12.5. The highest BCUT2D eigenvalue weighted by Crippen LogP contribution is 2.42. The van der Waals surface area contributed by atoms with Gasteiger partial charge in [-0.1, -0.05) is 66.9 Å². The molecule has 2 amide bonds. The summed E-state index contributed by atoms with van der Waals surface area (Å²) in [5.74, 6) is -0.187. The molecule has 1 aliphatic heterocycles. The standard InChI is InChI=1S/C27H32N2O2S/c1-19-11-13-21(14-12-19)15-16-28-26(30)17-25-27(31)29(18-22-8-4-3-7-20(22)2)23-9-5-6-10-24(23)32-25/h3-4,7-8,11-14,17,23-24H,5-6,9-10,15-16,18H2,1-2H3,(H,28,30)/b25-17-. The summed E-state index contributed by atoms with van der Waals surface area (Å²) in [5, 5.41) is 3.33. The molecule has 32 heavy (non-hydrogen) atoms. The van der Waals surface area contributed by atoms with Gasteiger partial charge < -0.3 is 10.2 Å². The highest BCUT2D eigenvalue weighted by Gasteiger charge is 2.40. The average molecular weight is 449 g/mol. The molecule has 0 spiro atoms. The summed E-state index contributed by atoms with van der Waals surface area (Å²) in [6, 6.07) is 16.9. The number of aryl methyl sites for hydroxylation is 2. The lowest BCUT2D eigenvalue weighted by Crippen LogP contribution is -2.51. The molecule has 4 nitrogen and oxygen atoms in total. The molecule has 5 heteroatoms. The van der Waals surface area contributed by atoms with Crippen LogP contribution in [-0.2, 0) is 22.6 Å². The lowest BCUT2D eigenvalue weighted by atomic mass is 9.92. The molecule has 0 aromatic heterocycles.